The normalized spacial score (nSPS) is 25.9. The summed E-state index contributed by atoms with van der Waals surface area (Å²) < 4.78 is 7.91. The standard InChI is InChI=1S/C19H34N4O/c1-4-5-9-22-10-6-16(7-11-22)14-23-15-18(20-21-23)17-8-12-24-19(2,3)13-17/h15-17H,4-14H2,1-3H3/t17-/m1/s1. The number of hydrogen-bond donors (Lipinski definition) is 0. The van der Waals surface area contributed by atoms with Crippen LogP contribution in [0.1, 0.15) is 70.9 Å². The van der Waals surface area contributed by atoms with Gasteiger partial charge in [0.15, 0.2) is 0 Å². The van der Waals surface area contributed by atoms with Gasteiger partial charge in [0.1, 0.15) is 0 Å². The second kappa shape index (κ2) is 7.96. The highest BCUT2D eigenvalue weighted by atomic mass is 16.5. The van der Waals surface area contributed by atoms with Crippen molar-refractivity contribution in [3.05, 3.63) is 11.9 Å². The third kappa shape index (κ3) is 4.79. The fourth-order valence-electron chi connectivity index (χ4n) is 4.11. The molecule has 136 valence electrons. The van der Waals surface area contributed by atoms with Gasteiger partial charge in [0.05, 0.1) is 11.3 Å². The lowest BCUT2D eigenvalue weighted by molar-refractivity contribution is -0.0598. The van der Waals surface area contributed by atoms with Gasteiger partial charge in [-0.2, -0.15) is 0 Å². The molecule has 0 bridgehead atoms. The largest absolute Gasteiger partial charge is 0.376 e. The number of nitrogens with zero attached hydrogens (tertiary/aromatic N) is 4. The summed E-state index contributed by atoms with van der Waals surface area (Å²) in [7, 11) is 0. The van der Waals surface area contributed by atoms with Gasteiger partial charge in [0, 0.05) is 25.3 Å². The third-order valence-corrected chi connectivity index (χ3v) is 5.65. The first-order valence-electron chi connectivity index (χ1n) is 9.82. The Bertz CT molecular complexity index is 505. The van der Waals surface area contributed by atoms with Crippen molar-refractivity contribution < 1.29 is 4.74 Å². The van der Waals surface area contributed by atoms with E-state index < -0.39 is 0 Å². The van der Waals surface area contributed by atoms with Crippen LogP contribution in [0.3, 0.4) is 0 Å². The van der Waals surface area contributed by atoms with Crippen molar-refractivity contribution in [1.29, 1.82) is 0 Å². The number of rotatable bonds is 6. The van der Waals surface area contributed by atoms with E-state index in [1.807, 2.05) is 0 Å². The molecule has 0 saturated carbocycles. The molecule has 0 radical (unpaired) electrons. The van der Waals surface area contributed by atoms with Gasteiger partial charge in [-0.15, -0.1) is 5.10 Å². The predicted molar refractivity (Wildman–Crippen MR) is 96.1 cm³/mol. The molecule has 3 heterocycles. The molecule has 3 rings (SSSR count). The van der Waals surface area contributed by atoms with Crippen LogP contribution >= 0.6 is 0 Å². The van der Waals surface area contributed by atoms with E-state index in [2.05, 4.69) is 46.9 Å². The van der Waals surface area contributed by atoms with Gasteiger partial charge in [-0.05, 0) is 71.5 Å². The van der Waals surface area contributed by atoms with Crippen LogP contribution in [0.2, 0.25) is 0 Å². The van der Waals surface area contributed by atoms with Gasteiger partial charge >= 0.3 is 0 Å². The summed E-state index contributed by atoms with van der Waals surface area (Å²) in [5, 5.41) is 8.89. The minimum atomic E-state index is -0.0297. The molecule has 5 nitrogen and oxygen atoms in total. The first-order chi connectivity index (χ1) is 11.6. The number of aromatic nitrogens is 3. The van der Waals surface area contributed by atoms with Crippen molar-refractivity contribution in [3.8, 4) is 0 Å². The van der Waals surface area contributed by atoms with Gasteiger partial charge in [-0.1, -0.05) is 18.6 Å². The van der Waals surface area contributed by atoms with Crippen molar-refractivity contribution in [2.24, 2.45) is 5.92 Å². The van der Waals surface area contributed by atoms with Crippen molar-refractivity contribution in [2.45, 2.75) is 77.4 Å². The van der Waals surface area contributed by atoms with Gasteiger partial charge in [0.25, 0.3) is 0 Å². The average Bonchev–Trinajstić information content (AvgIpc) is 3.02. The van der Waals surface area contributed by atoms with E-state index in [1.165, 1.54) is 45.3 Å². The zero-order valence-electron chi connectivity index (χ0n) is 15.7. The van der Waals surface area contributed by atoms with E-state index in [0.717, 1.165) is 37.6 Å². The van der Waals surface area contributed by atoms with Gasteiger partial charge < -0.3 is 9.64 Å². The summed E-state index contributed by atoms with van der Waals surface area (Å²) in [6.07, 6.45) is 9.52. The highest BCUT2D eigenvalue weighted by Crippen LogP contribution is 2.34. The molecule has 1 aromatic rings. The Labute approximate surface area is 146 Å². The lowest BCUT2D eigenvalue weighted by atomic mass is 9.86. The molecule has 0 amide bonds. The van der Waals surface area contributed by atoms with E-state index in [-0.39, 0.29) is 5.60 Å². The van der Waals surface area contributed by atoms with E-state index >= 15 is 0 Å². The molecule has 1 aromatic heterocycles. The molecule has 2 fully saturated rings. The minimum Gasteiger partial charge on any atom is -0.376 e. The smallest absolute Gasteiger partial charge is 0.0859 e. The fourth-order valence-corrected chi connectivity index (χ4v) is 4.11. The second-order valence-electron chi connectivity index (χ2n) is 8.30. The van der Waals surface area contributed by atoms with Gasteiger partial charge in [-0.25, -0.2) is 0 Å². The van der Waals surface area contributed by atoms with E-state index in [9.17, 15) is 0 Å². The lowest BCUT2D eigenvalue weighted by Crippen LogP contribution is -2.35. The molecule has 2 saturated heterocycles. The predicted octanol–water partition coefficient (Wildman–Crippen LogP) is 3.46. The summed E-state index contributed by atoms with van der Waals surface area (Å²) >= 11 is 0. The van der Waals surface area contributed by atoms with E-state index in [0.29, 0.717) is 5.92 Å². The van der Waals surface area contributed by atoms with Gasteiger partial charge in [0.2, 0.25) is 0 Å². The highest BCUT2D eigenvalue weighted by molar-refractivity contribution is 5.05. The SMILES string of the molecule is CCCCN1CCC(Cn2cc([C@@H]3CCOC(C)(C)C3)nn2)CC1. The molecule has 0 spiro atoms. The topological polar surface area (TPSA) is 43.2 Å². The number of piperidine rings is 1. The van der Waals surface area contributed by atoms with Crippen molar-refractivity contribution in [1.82, 2.24) is 19.9 Å². The monoisotopic (exact) mass is 334 g/mol. The lowest BCUT2D eigenvalue weighted by Gasteiger charge is -2.34. The molecule has 1 atom stereocenters. The second-order valence-corrected chi connectivity index (χ2v) is 8.30. The van der Waals surface area contributed by atoms with Crippen LogP contribution in [0, 0.1) is 5.92 Å². The molecule has 0 aliphatic carbocycles. The maximum absolute atomic E-state index is 5.82. The Hall–Kier alpha value is -0.940. The Morgan fingerprint density at radius 3 is 2.75 bits per heavy atom. The molecular formula is C19H34N4O. The zero-order valence-corrected chi connectivity index (χ0v) is 15.7. The van der Waals surface area contributed by atoms with E-state index in [1.54, 1.807) is 0 Å². The van der Waals surface area contributed by atoms with E-state index in [4.69, 9.17) is 4.74 Å². The molecule has 24 heavy (non-hydrogen) atoms. The average molecular weight is 335 g/mol. The van der Waals surface area contributed by atoms with Crippen LogP contribution in [-0.4, -0.2) is 51.7 Å². The van der Waals surface area contributed by atoms with Crippen LogP contribution in [0.4, 0.5) is 0 Å². The summed E-state index contributed by atoms with van der Waals surface area (Å²) in [5.41, 5.74) is 1.13. The minimum absolute atomic E-state index is 0.0297. The van der Waals surface area contributed by atoms with Crippen LogP contribution in [0.15, 0.2) is 6.20 Å². The summed E-state index contributed by atoms with van der Waals surface area (Å²) in [6, 6.07) is 0. The van der Waals surface area contributed by atoms with Crippen molar-refractivity contribution in [3.63, 3.8) is 0 Å². The molecule has 2 aliphatic rings. The van der Waals surface area contributed by atoms with Crippen LogP contribution in [0.25, 0.3) is 0 Å². The van der Waals surface area contributed by atoms with Crippen molar-refractivity contribution in [2.75, 3.05) is 26.2 Å². The number of ether oxygens (including phenoxy) is 1. The number of hydrogen-bond acceptors (Lipinski definition) is 4. The Morgan fingerprint density at radius 1 is 1.25 bits per heavy atom. The summed E-state index contributed by atoms with van der Waals surface area (Å²) in [4.78, 5) is 2.62. The molecule has 2 aliphatic heterocycles. The summed E-state index contributed by atoms with van der Waals surface area (Å²) in [6.45, 7) is 12.3. The maximum Gasteiger partial charge on any atom is 0.0859 e. The molecule has 0 N–H and O–H groups in total. The first-order valence-corrected chi connectivity index (χ1v) is 9.82. The molecule has 0 aromatic carbocycles. The quantitative estimate of drug-likeness (QED) is 0.799. The Morgan fingerprint density at radius 2 is 2.04 bits per heavy atom. The highest BCUT2D eigenvalue weighted by Gasteiger charge is 2.31. The third-order valence-electron chi connectivity index (χ3n) is 5.65. The molecule has 5 heteroatoms. The molecule has 0 unspecified atom stereocenters. The number of likely N-dealkylation sites (tertiary alicyclic amines) is 1. The fraction of sp³-hybridized carbons (Fsp3) is 0.895. The number of unbranched alkanes of at least 4 members (excludes halogenated alkanes) is 1. The van der Waals surface area contributed by atoms with Crippen LogP contribution in [0.5, 0.6) is 0 Å². The Kier molecular flexibility index (Phi) is 5.93. The van der Waals surface area contributed by atoms with Crippen LogP contribution < -0.4 is 0 Å². The maximum atomic E-state index is 5.82. The van der Waals surface area contributed by atoms with Gasteiger partial charge in [-0.3, -0.25) is 4.68 Å². The first kappa shape index (κ1) is 17.9. The van der Waals surface area contributed by atoms with Crippen molar-refractivity contribution >= 4 is 0 Å². The Balaban J connectivity index is 1.48. The zero-order chi connectivity index (χ0) is 17.0. The molecular weight excluding hydrogens is 300 g/mol. The van der Waals surface area contributed by atoms with Crippen LogP contribution in [-0.2, 0) is 11.3 Å². The summed E-state index contributed by atoms with van der Waals surface area (Å²) in [5.74, 6) is 1.25.